The molecule has 0 fully saturated rings. The van der Waals surface area contributed by atoms with Crippen molar-refractivity contribution in [3.05, 3.63) is 71.8 Å². The van der Waals surface area contributed by atoms with Crippen LogP contribution in [0.1, 0.15) is 11.1 Å². The smallest absolute Gasteiger partial charge is 0.233 e. The number of hydrogen-bond acceptors (Lipinski definition) is 5. The van der Waals surface area contributed by atoms with Gasteiger partial charge in [0.25, 0.3) is 0 Å². The molecule has 0 N–H and O–H groups in total. The molecular weight excluding hydrogens is 348 g/mol. The predicted octanol–water partition coefficient (Wildman–Crippen LogP) is 2.18. The second-order valence-electron chi connectivity index (χ2n) is 5.62. The minimum atomic E-state index is 0.291. The van der Waals surface area contributed by atoms with Gasteiger partial charge in [0.05, 0.1) is 26.3 Å². The van der Waals surface area contributed by atoms with Crippen LogP contribution in [0.5, 0.6) is 0 Å². The van der Waals surface area contributed by atoms with Gasteiger partial charge in [-0.1, -0.05) is 60.7 Å². The van der Waals surface area contributed by atoms with Gasteiger partial charge in [-0.05, 0) is 11.1 Å². The first kappa shape index (κ1) is 20.6. The minimum absolute atomic E-state index is 0.291. The highest BCUT2D eigenvalue weighted by Gasteiger charge is 2.05. The quantitative estimate of drug-likeness (QED) is 0.289. The summed E-state index contributed by atoms with van der Waals surface area (Å²) >= 11 is 0. The third-order valence-corrected chi connectivity index (χ3v) is 3.63. The maximum absolute atomic E-state index is 11.0. The molecule has 0 spiro atoms. The van der Waals surface area contributed by atoms with E-state index in [-0.39, 0.29) is 0 Å². The zero-order valence-electron chi connectivity index (χ0n) is 15.1. The van der Waals surface area contributed by atoms with Gasteiger partial charge in [0.2, 0.25) is 12.8 Å². The second kappa shape index (κ2) is 12.6. The van der Waals surface area contributed by atoms with E-state index in [0.717, 1.165) is 11.1 Å². The number of carbonyl (C=O) groups excluding carboxylic acids is 2. The maximum Gasteiger partial charge on any atom is 0.233 e. The van der Waals surface area contributed by atoms with Crippen LogP contribution in [0.2, 0.25) is 0 Å². The lowest BCUT2D eigenvalue weighted by molar-refractivity contribution is -0.186. The topological polar surface area (TPSA) is 68.3 Å². The average Bonchev–Trinajstić information content (AvgIpc) is 2.73. The maximum atomic E-state index is 11.0. The first-order valence-electron chi connectivity index (χ1n) is 8.67. The standard InChI is InChI=1S/C20H24N2O5/c23-17-21(26-15-19-7-3-1-4-8-19)11-13-25-14-12-22(18-24)27-16-20-9-5-2-6-10-20/h1-10,17-18H,11-16H2. The fourth-order valence-electron chi connectivity index (χ4n) is 2.17. The molecule has 2 amide bonds. The predicted molar refractivity (Wildman–Crippen MR) is 98.8 cm³/mol. The van der Waals surface area contributed by atoms with Crippen LogP contribution in [0, 0.1) is 0 Å². The molecule has 144 valence electrons. The summed E-state index contributed by atoms with van der Waals surface area (Å²) in [6, 6.07) is 19.1. The fourth-order valence-corrected chi connectivity index (χ4v) is 2.17. The molecule has 7 nitrogen and oxygen atoms in total. The van der Waals surface area contributed by atoms with Crippen molar-refractivity contribution in [2.24, 2.45) is 0 Å². The summed E-state index contributed by atoms with van der Waals surface area (Å²) < 4.78 is 5.44. The average molecular weight is 372 g/mol. The first-order chi connectivity index (χ1) is 13.3. The Hall–Kier alpha value is -2.74. The van der Waals surface area contributed by atoms with E-state index in [1.54, 1.807) is 0 Å². The van der Waals surface area contributed by atoms with Gasteiger partial charge in [0.15, 0.2) is 0 Å². The molecule has 2 aromatic carbocycles. The molecule has 0 bridgehead atoms. The van der Waals surface area contributed by atoms with Crippen molar-refractivity contribution in [1.82, 2.24) is 10.1 Å². The highest BCUT2D eigenvalue weighted by atomic mass is 16.7. The molecule has 0 aliphatic rings. The minimum Gasteiger partial charge on any atom is -0.378 e. The van der Waals surface area contributed by atoms with E-state index in [9.17, 15) is 9.59 Å². The summed E-state index contributed by atoms with van der Waals surface area (Å²) in [5.41, 5.74) is 1.95. The SMILES string of the molecule is O=CN(CCOCCN(C=O)OCc1ccccc1)OCc1ccccc1. The van der Waals surface area contributed by atoms with Gasteiger partial charge in [0.1, 0.15) is 13.2 Å². The van der Waals surface area contributed by atoms with Crippen LogP contribution in [0.4, 0.5) is 0 Å². The normalized spacial score (nSPS) is 10.4. The van der Waals surface area contributed by atoms with E-state index in [0.29, 0.717) is 52.3 Å². The molecule has 0 aliphatic carbocycles. The third kappa shape index (κ3) is 8.46. The van der Waals surface area contributed by atoms with Gasteiger partial charge in [-0.2, -0.15) is 0 Å². The van der Waals surface area contributed by atoms with E-state index in [1.165, 1.54) is 10.1 Å². The van der Waals surface area contributed by atoms with Crippen molar-refractivity contribution in [1.29, 1.82) is 0 Å². The first-order valence-corrected chi connectivity index (χ1v) is 8.67. The van der Waals surface area contributed by atoms with Gasteiger partial charge in [0, 0.05) is 0 Å². The number of hydroxylamine groups is 4. The largest absolute Gasteiger partial charge is 0.378 e. The number of rotatable bonds is 14. The Morgan fingerprint density at radius 1 is 0.667 bits per heavy atom. The molecule has 7 heteroatoms. The van der Waals surface area contributed by atoms with Gasteiger partial charge in [-0.15, -0.1) is 0 Å². The van der Waals surface area contributed by atoms with E-state index >= 15 is 0 Å². The number of nitrogens with zero attached hydrogens (tertiary/aromatic N) is 2. The van der Waals surface area contributed by atoms with Crippen molar-refractivity contribution >= 4 is 12.8 Å². The molecule has 27 heavy (non-hydrogen) atoms. The third-order valence-electron chi connectivity index (χ3n) is 3.63. The lowest BCUT2D eigenvalue weighted by Crippen LogP contribution is -2.29. The van der Waals surface area contributed by atoms with Crippen molar-refractivity contribution in [3.63, 3.8) is 0 Å². The monoisotopic (exact) mass is 372 g/mol. The summed E-state index contributed by atoms with van der Waals surface area (Å²) in [4.78, 5) is 32.9. The summed E-state index contributed by atoms with van der Waals surface area (Å²) in [6.45, 7) is 1.79. The molecule has 0 atom stereocenters. The van der Waals surface area contributed by atoms with Gasteiger partial charge in [-0.3, -0.25) is 19.3 Å². The van der Waals surface area contributed by atoms with Crippen LogP contribution < -0.4 is 0 Å². The summed E-state index contributed by atoms with van der Waals surface area (Å²) in [5, 5.41) is 2.38. The molecular formula is C20H24N2O5. The Kier molecular flexibility index (Phi) is 9.59. The van der Waals surface area contributed by atoms with Gasteiger partial charge >= 0.3 is 0 Å². The Morgan fingerprint density at radius 3 is 1.44 bits per heavy atom. The lowest BCUT2D eigenvalue weighted by Gasteiger charge is -2.19. The van der Waals surface area contributed by atoms with Crippen molar-refractivity contribution in [2.45, 2.75) is 13.2 Å². The highest BCUT2D eigenvalue weighted by Crippen LogP contribution is 2.03. The number of carbonyl (C=O) groups is 2. The Labute approximate surface area is 158 Å². The van der Waals surface area contributed by atoms with Crippen LogP contribution in [0.3, 0.4) is 0 Å². The molecule has 0 saturated carbocycles. The molecule has 2 rings (SSSR count). The molecule has 0 radical (unpaired) electrons. The number of amides is 2. The number of hydrogen-bond donors (Lipinski definition) is 0. The second-order valence-corrected chi connectivity index (χ2v) is 5.62. The van der Waals surface area contributed by atoms with Gasteiger partial charge < -0.3 is 4.74 Å². The van der Waals surface area contributed by atoms with Crippen molar-refractivity contribution < 1.29 is 24.0 Å². The van der Waals surface area contributed by atoms with E-state index < -0.39 is 0 Å². The van der Waals surface area contributed by atoms with Crippen LogP contribution in [0.25, 0.3) is 0 Å². The number of benzene rings is 2. The molecule has 0 saturated heterocycles. The van der Waals surface area contributed by atoms with Crippen LogP contribution >= 0.6 is 0 Å². The van der Waals surface area contributed by atoms with Crippen LogP contribution in [-0.4, -0.2) is 49.2 Å². The zero-order valence-corrected chi connectivity index (χ0v) is 15.1. The summed E-state index contributed by atoms with van der Waals surface area (Å²) in [5.74, 6) is 0. The summed E-state index contributed by atoms with van der Waals surface area (Å²) in [6.07, 6.45) is 1.24. The molecule has 0 aromatic heterocycles. The van der Waals surface area contributed by atoms with Crippen LogP contribution in [-0.2, 0) is 37.2 Å². The molecule has 0 aliphatic heterocycles. The van der Waals surface area contributed by atoms with Gasteiger partial charge in [-0.25, -0.2) is 10.1 Å². The Balaban J connectivity index is 1.57. The highest BCUT2D eigenvalue weighted by molar-refractivity contribution is 5.45. The fraction of sp³-hybridized carbons (Fsp3) is 0.300. The van der Waals surface area contributed by atoms with Crippen molar-refractivity contribution in [2.75, 3.05) is 26.3 Å². The van der Waals surface area contributed by atoms with E-state index in [1.807, 2.05) is 60.7 Å². The Bertz CT molecular complexity index is 596. The zero-order chi connectivity index (χ0) is 19.2. The van der Waals surface area contributed by atoms with Crippen molar-refractivity contribution in [3.8, 4) is 0 Å². The number of ether oxygens (including phenoxy) is 1. The molecule has 0 unspecified atom stereocenters. The summed E-state index contributed by atoms with van der Waals surface area (Å²) in [7, 11) is 0. The van der Waals surface area contributed by atoms with E-state index in [4.69, 9.17) is 14.4 Å². The van der Waals surface area contributed by atoms with E-state index in [2.05, 4.69) is 0 Å². The lowest BCUT2D eigenvalue weighted by atomic mass is 10.2. The molecule has 0 heterocycles. The van der Waals surface area contributed by atoms with Crippen LogP contribution in [0.15, 0.2) is 60.7 Å². The molecule has 2 aromatic rings. The Morgan fingerprint density at radius 2 is 1.07 bits per heavy atom.